The van der Waals surface area contributed by atoms with E-state index in [0.29, 0.717) is 30.6 Å². The van der Waals surface area contributed by atoms with Crippen molar-refractivity contribution in [3.8, 4) is 6.01 Å². The van der Waals surface area contributed by atoms with Crippen LogP contribution in [0.3, 0.4) is 0 Å². The molecule has 0 amide bonds. The molecule has 1 aliphatic rings. The van der Waals surface area contributed by atoms with Gasteiger partial charge in [-0.1, -0.05) is 13.8 Å². The Labute approximate surface area is 120 Å². The molecule has 20 heavy (non-hydrogen) atoms. The van der Waals surface area contributed by atoms with Gasteiger partial charge in [0.25, 0.3) is 0 Å². The Bertz CT molecular complexity index is 426. The topological polar surface area (TPSA) is 72.0 Å². The summed E-state index contributed by atoms with van der Waals surface area (Å²) in [5.41, 5.74) is 0. The van der Waals surface area contributed by atoms with Crippen molar-refractivity contribution in [2.75, 3.05) is 23.8 Å². The molecule has 2 unspecified atom stereocenters. The number of ether oxygens (including phenoxy) is 1. The van der Waals surface area contributed by atoms with Crippen LogP contribution in [-0.2, 0) is 0 Å². The molecule has 1 fully saturated rings. The molecule has 1 aliphatic carbocycles. The Balaban J connectivity index is 2.07. The third-order valence-corrected chi connectivity index (χ3v) is 3.45. The maximum absolute atomic E-state index is 5.41. The van der Waals surface area contributed by atoms with Gasteiger partial charge >= 0.3 is 6.01 Å². The van der Waals surface area contributed by atoms with Gasteiger partial charge in [0.1, 0.15) is 0 Å². The van der Waals surface area contributed by atoms with Gasteiger partial charge in [-0.2, -0.15) is 15.0 Å². The Morgan fingerprint density at radius 1 is 1.15 bits per heavy atom. The second-order valence-corrected chi connectivity index (χ2v) is 5.38. The zero-order valence-electron chi connectivity index (χ0n) is 12.6. The number of nitrogens with one attached hydrogen (secondary N) is 2. The molecule has 1 heterocycles. The summed E-state index contributed by atoms with van der Waals surface area (Å²) in [7, 11) is 0. The fraction of sp³-hybridized carbons (Fsp3) is 0.786. The van der Waals surface area contributed by atoms with Crippen molar-refractivity contribution in [3.63, 3.8) is 0 Å². The molecule has 1 aromatic rings. The summed E-state index contributed by atoms with van der Waals surface area (Å²) in [5, 5.41) is 6.59. The molecule has 6 heteroatoms. The Hall–Kier alpha value is -1.59. The summed E-state index contributed by atoms with van der Waals surface area (Å²) in [6.07, 6.45) is 4.64. The standard InChI is InChI=1S/C14H25N5O/c1-4-8-15-12-17-13(19-14(18-12)20-5-2)16-11-7-6-10(3)9-11/h10-11H,4-9H2,1-3H3,(H2,15,16,17,18,19). The van der Waals surface area contributed by atoms with Crippen LogP contribution in [0.25, 0.3) is 0 Å². The van der Waals surface area contributed by atoms with E-state index in [4.69, 9.17) is 4.74 Å². The van der Waals surface area contributed by atoms with Crippen LogP contribution in [0.5, 0.6) is 6.01 Å². The van der Waals surface area contributed by atoms with Crippen LogP contribution in [0.4, 0.5) is 11.9 Å². The minimum Gasteiger partial charge on any atom is -0.464 e. The first-order valence-electron chi connectivity index (χ1n) is 7.60. The van der Waals surface area contributed by atoms with Crippen molar-refractivity contribution < 1.29 is 4.74 Å². The fourth-order valence-corrected chi connectivity index (χ4v) is 2.45. The summed E-state index contributed by atoms with van der Waals surface area (Å²) in [4.78, 5) is 13.0. The summed E-state index contributed by atoms with van der Waals surface area (Å²) < 4.78 is 5.41. The van der Waals surface area contributed by atoms with Crippen molar-refractivity contribution in [3.05, 3.63) is 0 Å². The van der Waals surface area contributed by atoms with Crippen LogP contribution < -0.4 is 15.4 Å². The van der Waals surface area contributed by atoms with E-state index in [1.807, 2.05) is 6.92 Å². The first-order valence-corrected chi connectivity index (χ1v) is 7.60. The smallest absolute Gasteiger partial charge is 0.323 e. The van der Waals surface area contributed by atoms with Crippen LogP contribution in [0.2, 0.25) is 0 Å². The van der Waals surface area contributed by atoms with E-state index in [1.54, 1.807) is 0 Å². The van der Waals surface area contributed by atoms with Gasteiger partial charge in [-0.25, -0.2) is 0 Å². The third kappa shape index (κ3) is 4.21. The van der Waals surface area contributed by atoms with Gasteiger partial charge < -0.3 is 15.4 Å². The highest BCUT2D eigenvalue weighted by atomic mass is 16.5. The van der Waals surface area contributed by atoms with Gasteiger partial charge in [0, 0.05) is 12.6 Å². The number of rotatable bonds is 7. The number of hydrogen-bond acceptors (Lipinski definition) is 6. The lowest BCUT2D eigenvalue weighted by atomic mass is 10.1. The lowest BCUT2D eigenvalue weighted by Crippen LogP contribution is -2.19. The molecular formula is C14H25N5O. The normalized spacial score (nSPS) is 21.8. The predicted octanol–water partition coefficient (Wildman–Crippen LogP) is 2.69. The maximum atomic E-state index is 5.41. The molecule has 1 aromatic heterocycles. The average molecular weight is 279 g/mol. The van der Waals surface area contributed by atoms with Crippen LogP contribution in [0.1, 0.15) is 46.5 Å². The van der Waals surface area contributed by atoms with Crippen molar-refractivity contribution >= 4 is 11.9 Å². The Morgan fingerprint density at radius 2 is 1.95 bits per heavy atom. The van der Waals surface area contributed by atoms with Crippen LogP contribution in [0, 0.1) is 5.92 Å². The highest BCUT2D eigenvalue weighted by Gasteiger charge is 2.22. The van der Waals surface area contributed by atoms with E-state index < -0.39 is 0 Å². The highest BCUT2D eigenvalue weighted by Crippen LogP contribution is 2.27. The van der Waals surface area contributed by atoms with Crippen LogP contribution >= 0.6 is 0 Å². The van der Waals surface area contributed by atoms with Gasteiger partial charge in [-0.05, 0) is 38.5 Å². The summed E-state index contributed by atoms with van der Waals surface area (Å²) in [6, 6.07) is 0.843. The van der Waals surface area contributed by atoms with Crippen molar-refractivity contribution in [1.82, 2.24) is 15.0 Å². The summed E-state index contributed by atoms with van der Waals surface area (Å²) in [6.45, 7) is 7.72. The van der Waals surface area contributed by atoms with E-state index in [9.17, 15) is 0 Å². The molecule has 2 rings (SSSR count). The lowest BCUT2D eigenvalue weighted by molar-refractivity contribution is 0.312. The molecular weight excluding hydrogens is 254 g/mol. The highest BCUT2D eigenvalue weighted by molar-refractivity contribution is 5.36. The number of aromatic nitrogens is 3. The Morgan fingerprint density at radius 3 is 2.60 bits per heavy atom. The van der Waals surface area contributed by atoms with E-state index >= 15 is 0 Å². The van der Waals surface area contributed by atoms with Crippen LogP contribution in [0.15, 0.2) is 0 Å². The second-order valence-electron chi connectivity index (χ2n) is 5.38. The molecule has 1 saturated carbocycles. The minimum absolute atomic E-state index is 0.384. The first-order chi connectivity index (χ1) is 9.71. The van der Waals surface area contributed by atoms with E-state index in [1.165, 1.54) is 19.3 Å². The van der Waals surface area contributed by atoms with E-state index in [2.05, 4.69) is 39.4 Å². The third-order valence-electron chi connectivity index (χ3n) is 3.45. The van der Waals surface area contributed by atoms with Gasteiger partial charge in [0.05, 0.1) is 6.61 Å². The van der Waals surface area contributed by atoms with Crippen molar-refractivity contribution in [2.24, 2.45) is 5.92 Å². The quantitative estimate of drug-likeness (QED) is 0.799. The molecule has 0 aliphatic heterocycles. The van der Waals surface area contributed by atoms with Crippen molar-refractivity contribution in [1.29, 1.82) is 0 Å². The zero-order valence-corrected chi connectivity index (χ0v) is 12.6. The lowest BCUT2D eigenvalue weighted by Gasteiger charge is -2.14. The Kier molecular flexibility index (Phi) is 5.38. The van der Waals surface area contributed by atoms with Gasteiger partial charge in [-0.15, -0.1) is 0 Å². The predicted molar refractivity (Wildman–Crippen MR) is 80.2 cm³/mol. The van der Waals surface area contributed by atoms with Gasteiger partial charge in [0.15, 0.2) is 0 Å². The van der Waals surface area contributed by atoms with Gasteiger partial charge in [0.2, 0.25) is 11.9 Å². The monoisotopic (exact) mass is 279 g/mol. The second kappa shape index (κ2) is 7.26. The summed E-state index contributed by atoms with van der Waals surface area (Å²) in [5.74, 6) is 1.97. The molecule has 0 spiro atoms. The molecule has 0 aromatic carbocycles. The largest absolute Gasteiger partial charge is 0.464 e. The number of hydrogen-bond donors (Lipinski definition) is 2. The molecule has 2 atom stereocenters. The average Bonchev–Trinajstić information content (AvgIpc) is 2.82. The molecule has 2 N–H and O–H groups in total. The molecule has 0 saturated heterocycles. The fourth-order valence-electron chi connectivity index (χ4n) is 2.45. The minimum atomic E-state index is 0.384. The number of nitrogens with zero attached hydrogens (tertiary/aromatic N) is 3. The van der Waals surface area contributed by atoms with E-state index in [0.717, 1.165) is 18.9 Å². The first kappa shape index (κ1) is 14.8. The molecule has 0 bridgehead atoms. The molecule has 112 valence electrons. The molecule has 0 radical (unpaired) electrons. The SMILES string of the molecule is CCCNc1nc(NC2CCC(C)C2)nc(OCC)n1. The summed E-state index contributed by atoms with van der Waals surface area (Å²) >= 11 is 0. The number of anilines is 2. The zero-order chi connectivity index (χ0) is 14.4. The van der Waals surface area contributed by atoms with Crippen LogP contribution in [-0.4, -0.2) is 34.1 Å². The van der Waals surface area contributed by atoms with Crippen molar-refractivity contribution in [2.45, 2.75) is 52.5 Å². The maximum Gasteiger partial charge on any atom is 0.323 e. The van der Waals surface area contributed by atoms with Gasteiger partial charge in [-0.3, -0.25) is 0 Å². The molecule has 6 nitrogen and oxygen atoms in total. The van der Waals surface area contributed by atoms with E-state index in [-0.39, 0.29) is 0 Å².